The standard InChI is InChI=1S/C51H88O17P2/c1-3-5-7-9-11-12-13-14-15-16-17-18-19-20-21-22-25-30-34-38-45(53)65-41(40-64-70(61,62)68-51-48(56)46(54)47(55)50(49(51)57)67-69(58,59)60)39-63-44(52)37-33-29-26-23-24-28-32-36-43-42(66-43)35-31-27-10-8-6-4-2/h11-12,14-15,23,26-28,31-32,41-43,46-51,54-57H,3-10,13,16-22,24-25,29-30,33-40H2,1-2H3,(H,61,62)(H2,58,59,60)/b12-11-,15-14-,26-23-,31-27-,32-28-/t41-,42?,43?,46?,47?,48?,49?,50-,51+/m1/s1. The molecule has 1 saturated heterocycles. The van der Waals surface area contributed by atoms with E-state index in [1.54, 1.807) is 0 Å². The average molecular weight is 1040 g/mol. The van der Waals surface area contributed by atoms with E-state index >= 15 is 0 Å². The molecule has 2 rings (SSSR count). The molecule has 0 amide bonds. The fraction of sp³-hybridized carbons (Fsp3) is 0.765. The summed E-state index contributed by atoms with van der Waals surface area (Å²) in [4.78, 5) is 54.4. The van der Waals surface area contributed by atoms with E-state index in [4.69, 9.17) is 23.3 Å². The molecule has 2 fully saturated rings. The fourth-order valence-corrected chi connectivity index (χ4v) is 9.33. The quantitative estimate of drug-likeness (QED) is 0.00986. The van der Waals surface area contributed by atoms with Gasteiger partial charge >= 0.3 is 27.6 Å². The second-order valence-corrected chi connectivity index (χ2v) is 20.9. The van der Waals surface area contributed by atoms with Gasteiger partial charge in [-0.2, -0.15) is 0 Å². The van der Waals surface area contributed by atoms with Gasteiger partial charge in [0.25, 0.3) is 0 Å². The Morgan fingerprint density at radius 3 is 1.50 bits per heavy atom. The molecule has 2 aliphatic rings. The van der Waals surface area contributed by atoms with Crippen LogP contribution in [0.5, 0.6) is 0 Å². The van der Waals surface area contributed by atoms with Gasteiger partial charge in [0, 0.05) is 12.8 Å². The summed E-state index contributed by atoms with van der Waals surface area (Å²) in [5.41, 5.74) is 0. The van der Waals surface area contributed by atoms with Crippen molar-refractivity contribution < 1.29 is 81.6 Å². The molecule has 0 spiro atoms. The molecule has 10 atom stereocenters. The van der Waals surface area contributed by atoms with Gasteiger partial charge in [0.05, 0.1) is 18.8 Å². The Hall–Kier alpha value is -2.34. The number of epoxide rings is 1. The molecule has 70 heavy (non-hydrogen) atoms. The Balaban J connectivity index is 1.78. The zero-order valence-electron chi connectivity index (χ0n) is 41.9. The minimum absolute atomic E-state index is 0.0226. The van der Waals surface area contributed by atoms with Gasteiger partial charge in [-0.3, -0.25) is 23.2 Å². The van der Waals surface area contributed by atoms with Crippen LogP contribution in [-0.4, -0.2) is 115 Å². The molecular formula is C51H88O17P2. The molecule has 404 valence electrons. The van der Waals surface area contributed by atoms with Crippen molar-refractivity contribution in [3.05, 3.63) is 60.8 Å². The highest BCUT2D eigenvalue weighted by Gasteiger charge is 2.54. The second kappa shape index (κ2) is 38.3. The third kappa shape index (κ3) is 31.3. The second-order valence-electron chi connectivity index (χ2n) is 18.3. The van der Waals surface area contributed by atoms with Crippen molar-refractivity contribution in [1.82, 2.24) is 0 Å². The molecule has 0 aromatic carbocycles. The van der Waals surface area contributed by atoms with Crippen molar-refractivity contribution in [3.63, 3.8) is 0 Å². The first kappa shape index (κ1) is 63.8. The van der Waals surface area contributed by atoms with E-state index in [0.29, 0.717) is 25.4 Å². The lowest BCUT2D eigenvalue weighted by Crippen LogP contribution is -2.64. The van der Waals surface area contributed by atoms with Crippen molar-refractivity contribution >= 4 is 27.6 Å². The molecule has 7 N–H and O–H groups in total. The van der Waals surface area contributed by atoms with Gasteiger partial charge in [-0.15, -0.1) is 0 Å². The van der Waals surface area contributed by atoms with Crippen LogP contribution in [-0.2, 0) is 46.5 Å². The lowest BCUT2D eigenvalue weighted by Gasteiger charge is -2.43. The van der Waals surface area contributed by atoms with Crippen molar-refractivity contribution in [3.8, 4) is 0 Å². The lowest BCUT2D eigenvalue weighted by molar-refractivity contribution is -0.216. The number of rotatable bonds is 42. The predicted octanol–water partition coefficient (Wildman–Crippen LogP) is 9.61. The molecule has 0 aromatic rings. The minimum Gasteiger partial charge on any atom is -0.462 e. The molecule has 19 heteroatoms. The van der Waals surface area contributed by atoms with E-state index in [2.05, 4.69) is 67.0 Å². The van der Waals surface area contributed by atoms with Crippen LogP contribution < -0.4 is 0 Å². The molecule has 0 aromatic heterocycles. The van der Waals surface area contributed by atoms with Crippen LogP contribution in [0, 0.1) is 0 Å². The molecule has 0 bridgehead atoms. The number of phosphoric acid groups is 2. The van der Waals surface area contributed by atoms with Crippen LogP contribution in [0.1, 0.15) is 181 Å². The monoisotopic (exact) mass is 1030 g/mol. The Morgan fingerprint density at radius 2 is 0.957 bits per heavy atom. The SMILES string of the molecule is CCCCC/C=C\C/C=C\CCCCCCCCCCCC(=O)O[C@H](COC(=O)CCC/C=C\C/C=C\CC1OC1C/C=C\CCCCC)COP(=O)(O)O[C@H]1C(O)C(O)C(O)[C@@H](OP(=O)(O)O)C1O. The fourth-order valence-electron chi connectivity index (χ4n) is 7.80. The first-order valence-electron chi connectivity index (χ1n) is 26.0. The topological polar surface area (TPSA) is 269 Å². The van der Waals surface area contributed by atoms with Gasteiger partial charge in [-0.25, -0.2) is 9.13 Å². The van der Waals surface area contributed by atoms with Crippen LogP contribution >= 0.6 is 15.6 Å². The zero-order chi connectivity index (χ0) is 51.5. The third-order valence-electron chi connectivity index (χ3n) is 12.0. The molecule has 1 saturated carbocycles. The molecule has 1 aliphatic carbocycles. The van der Waals surface area contributed by atoms with Gasteiger partial charge in [-0.05, 0) is 83.5 Å². The van der Waals surface area contributed by atoms with E-state index < -0.39 is 83.5 Å². The lowest BCUT2D eigenvalue weighted by atomic mass is 9.85. The number of allylic oxidation sites excluding steroid dienone is 8. The maximum absolute atomic E-state index is 13.0. The van der Waals surface area contributed by atoms with Crippen LogP contribution in [0.2, 0.25) is 0 Å². The van der Waals surface area contributed by atoms with Gasteiger partial charge < -0.3 is 49.3 Å². The summed E-state index contributed by atoms with van der Waals surface area (Å²) in [7, 11) is -10.7. The number of hydrogen-bond donors (Lipinski definition) is 7. The van der Waals surface area contributed by atoms with Crippen molar-refractivity contribution in [2.45, 2.75) is 236 Å². The maximum atomic E-state index is 13.0. The molecule has 1 aliphatic heterocycles. The number of phosphoric ester groups is 2. The number of ether oxygens (including phenoxy) is 3. The number of esters is 2. The van der Waals surface area contributed by atoms with E-state index in [1.807, 2.05) is 12.2 Å². The Labute approximate surface area is 417 Å². The van der Waals surface area contributed by atoms with Crippen LogP contribution in [0.15, 0.2) is 60.8 Å². The Kier molecular flexibility index (Phi) is 34.9. The average Bonchev–Trinajstić information content (AvgIpc) is 4.08. The number of unbranched alkanes of at least 4 members (excludes halogenated alkanes) is 16. The first-order valence-corrected chi connectivity index (χ1v) is 29.0. The summed E-state index contributed by atoms with van der Waals surface area (Å²) >= 11 is 0. The Morgan fingerprint density at radius 1 is 0.514 bits per heavy atom. The van der Waals surface area contributed by atoms with Crippen molar-refractivity contribution in [1.29, 1.82) is 0 Å². The Bertz CT molecular complexity index is 1650. The van der Waals surface area contributed by atoms with Crippen LogP contribution in [0.3, 0.4) is 0 Å². The number of hydrogen-bond acceptors (Lipinski definition) is 14. The summed E-state index contributed by atoms with van der Waals surface area (Å²) in [5.74, 6) is -1.28. The number of aliphatic hydroxyl groups excluding tert-OH is 4. The summed E-state index contributed by atoms with van der Waals surface area (Å²) in [5, 5.41) is 41.3. The first-order chi connectivity index (χ1) is 33.6. The van der Waals surface area contributed by atoms with Crippen molar-refractivity contribution in [2.24, 2.45) is 0 Å². The summed E-state index contributed by atoms with van der Waals surface area (Å²) in [6.45, 7) is 3.01. The number of carbonyl (C=O) groups excluding carboxylic acids is 2. The highest BCUT2D eigenvalue weighted by molar-refractivity contribution is 7.47. The van der Waals surface area contributed by atoms with E-state index in [1.165, 1.54) is 57.8 Å². The van der Waals surface area contributed by atoms with Gasteiger partial charge in [-0.1, -0.05) is 145 Å². The zero-order valence-corrected chi connectivity index (χ0v) is 43.7. The van der Waals surface area contributed by atoms with E-state index in [-0.39, 0.29) is 18.9 Å². The summed E-state index contributed by atoms with van der Waals surface area (Å²) < 4.78 is 55.2. The van der Waals surface area contributed by atoms with Gasteiger partial charge in [0.15, 0.2) is 6.10 Å². The predicted molar refractivity (Wildman–Crippen MR) is 268 cm³/mol. The van der Waals surface area contributed by atoms with E-state index in [9.17, 15) is 53.8 Å². The summed E-state index contributed by atoms with van der Waals surface area (Å²) in [6, 6.07) is 0. The third-order valence-corrected chi connectivity index (χ3v) is 13.5. The minimum atomic E-state index is -5.38. The van der Waals surface area contributed by atoms with Gasteiger partial charge in [0.1, 0.15) is 43.2 Å². The molecule has 7 unspecified atom stereocenters. The highest BCUT2D eigenvalue weighted by atomic mass is 31.2. The van der Waals surface area contributed by atoms with Crippen molar-refractivity contribution in [2.75, 3.05) is 13.2 Å². The highest BCUT2D eigenvalue weighted by Crippen LogP contribution is 2.49. The number of aliphatic hydroxyl groups is 4. The maximum Gasteiger partial charge on any atom is 0.472 e. The van der Waals surface area contributed by atoms with Crippen LogP contribution in [0.25, 0.3) is 0 Å². The molecule has 17 nitrogen and oxygen atoms in total. The molecule has 1 heterocycles. The van der Waals surface area contributed by atoms with E-state index in [0.717, 1.165) is 77.0 Å². The van der Waals surface area contributed by atoms with Gasteiger partial charge in [0.2, 0.25) is 0 Å². The normalized spacial score (nSPS) is 24.4. The molecule has 0 radical (unpaired) electrons. The number of carbonyl (C=O) groups is 2. The largest absolute Gasteiger partial charge is 0.472 e. The molecular weight excluding hydrogens is 946 g/mol. The van der Waals surface area contributed by atoms with Crippen LogP contribution in [0.4, 0.5) is 0 Å². The summed E-state index contributed by atoms with van der Waals surface area (Å²) in [6.07, 6.45) is 31.9. The smallest absolute Gasteiger partial charge is 0.462 e.